The third kappa shape index (κ3) is 7.69. The Balaban J connectivity index is 1.62. The molecule has 1 heterocycles. The Morgan fingerprint density at radius 3 is 2.58 bits per heavy atom. The zero-order valence-corrected chi connectivity index (χ0v) is 18.2. The van der Waals surface area contributed by atoms with Crippen molar-refractivity contribution < 1.29 is 23.5 Å². The van der Waals surface area contributed by atoms with Crippen molar-refractivity contribution in [3.05, 3.63) is 71.3 Å². The van der Waals surface area contributed by atoms with Crippen molar-refractivity contribution in [3.63, 3.8) is 0 Å². The van der Waals surface area contributed by atoms with Crippen molar-refractivity contribution in [2.75, 3.05) is 19.7 Å². The first-order valence-electron chi connectivity index (χ1n) is 10.5. The normalized spacial score (nSPS) is 17.5. The van der Waals surface area contributed by atoms with Gasteiger partial charge < -0.3 is 14.7 Å². The monoisotopic (exact) mass is 432 g/mol. The van der Waals surface area contributed by atoms with E-state index < -0.39 is 6.10 Å². The van der Waals surface area contributed by atoms with E-state index in [1.807, 2.05) is 31.7 Å². The van der Waals surface area contributed by atoms with Crippen LogP contribution < -0.4 is 0 Å². The maximum absolute atomic E-state index is 13.6. The van der Waals surface area contributed by atoms with Crippen LogP contribution in [0.15, 0.2) is 53.7 Å². The first-order valence-corrected chi connectivity index (χ1v) is 10.5. The van der Waals surface area contributed by atoms with Gasteiger partial charge in [0.05, 0.1) is 24.0 Å². The smallest absolute Gasteiger partial charge is 0.145 e. The van der Waals surface area contributed by atoms with Gasteiger partial charge in [-0.15, -0.1) is 0 Å². The number of aliphatic hydroxyl groups excluding tert-OH is 1. The number of ether oxygens (including phenoxy) is 1. The molecular formula is C24H30F2N2O3. The predicted octanol–water partition coefficient (Wildman–Crippen LogP) is 4.14. The largest absolute Gasteiger partial charge is 0.390 e. The first kappa shape index (κ1) is 23.3. The summed E-state index contributed by atoms with van der Waals surface area (Å²) < 4.78 is 32.5. The summed E-state index contributed by atoms with van der Waals surface area (Å²) in [6.45, 7) is 7.30. The van der Waals surface area contributed by atoms with Crippen LogP contribution in [0.3, 0.4) is 0 Å². The third-order valence-corrected chi connectivity index (χ3v) is 4.85. The van der Waals surface area contributed by atoms with E-state index in [2.05, 4.69) is 5.16 Å². The summed E-state index contributed by atoms with van der Waals surface area (Å²) in [4.78, 5) is 7.62. The zero-order valence-electron chi connectivity index (χ0n) is 18.2. The summed E-state index contributed by atoms with van der Waals surface area (Å²) in [5, 5.41) is 14.7. The molecule has 3 rings (SSSR count). The van der Waals surface area contributed by atoms with Crippen LogP contribution in [0, 0.1) is 11.6 Å². The van der Waals surface area contributed by atoms with Gasteiger partial charge in [0.2, 0.25) is 0 Å². The Hall–Kier alpha value is -2.35. The van der Waals surface area contributed by atoms with Gasteiger partial charge >= 0.3 is 0 Å². The van der Waals surface area contributed by atoms with Crippen molar-refractivity contribution in [2.45, 2.75) is 51.5 Å². The van der Waals surface area contributed by atoms with E-state index in [9.17, 15) is 13.9 Å². The molecule has 0 aliphatic carbocycles. The Labute approximate surface area is 182 Å². The van der Waals surface area contributed by atoms with E-state index >= 15 is 0 Å². The summed E-state index contributed by atoms with van der Waals surface area (Å²) in [5.74, 6) is -0.597. The molecule has 0 bridgehead atoms. The van der Waals surface area contributed by atoms with Gasteiger partial charge in [-0.3, -0.25) is 4.90 Å². The van der Waals surface area contributed by atoms with E-state index in [-0.39, 0.29) is 29.9 Å². The summed E-state index contributed by atoms with van der Waals surface area (Å²) in [6, 6.07) is 12.6. The van der Waals surface area contributed by atoms with Crippen molar-refractivity contribution in [1.82, 2.24) is 4.90 Å². The van der Waals surface area contributed by atoms with Crippen molar-refractivity contribution in [3.8, 4) is 0 Å². The Kier molecular flexibility index (Phi) is 7.75. The Morgan fingerprint density at radius 1 is 1.16 bits per heavy atom. The molecule has 2 aromatic rings. The highest BCUT2D eigenvalue weighted by Gasteiger charge is 2.26. The molecular weight excluding hydrogens is 402 g/mol. The minimum Gasteiger partial charge on any atom is -0.390 e. The highest BCUT2D eigenvalue weighted by atomic mass is 19.1. The van der Waals surface area contributed by atoms with Crippen molar-refractivity contribution in [1.29, 1.82) is 0 Å². The van der Waals surface area contributed by atoms with E-state index in [4.69, 9.17) is 9.57 Å². The van der Waals surface area contributed by atoms with Gasteiger partial charge in [-0.05, 0) is 56.2 Å². The number of rotatable bonds is 9. The fourth-order valence-corrected chi connectivity index (χ4v) is 3.42. The number of halogens is 2. The number of nitrogens with zero attached hydrogens (tertiary/aromatic N) is 2. The molecule has 2 aromatic carbocycles. The van der Waals surface area contributed by atoms with Gasteiger partial charge in [0, 0.05) is 26.1 Å². The maximum Gasteiger partial charge on any atom is 0.145 e. The minimum atomic E-state index is -0.702. The standard InChI is InChI=1S/C24H30F2N2O3/c1-24(2,3)30-16-21(29)14-28(13-17-5-4-6-20(26)11-17)15-22-12-23(27-31-22)18-7-9-19(25)10-8-18/h4-11,21-22,29H,12-16H2,1-3H3/t21-,22+/m1/s1. The molecule has 7 heteroatoms. The van der Waals surface area contributed by atoms with Crippen LogP contribution >= 0.6 is 0 Å². The molecule has 5 nitrogen and oxygen atoms in total. The highest BCUT2D eigenvalue weighted by molar-refractivity contribution is 6.01. The number of hydrogen-bond donors (Lipinski definition) is 1. The molecule has 0 amide bonds. The maximum atomic E-state index is 13.6. The Morgan fingerprint density at radius 2 is 1.90 bits per heavy atom. The van der Waals surface area contributed by atoms with E-state index in [0.717, 1.165) is 16.8 Å². The lowest BCUT2D eigenvalue weighted by molar-refractivity contribution is -0.0600. The molecule has 0 unspecified atom stereocenters. The van der Waals surface area contributed by atoms with E-state index in [1.165, 1.54) is 24.3 Å². The fourth-order valence-electron chi connectivity index (χ4n) is 3.42. The molecule has 0 saturated heterocycles. The second-order valence-corrected chi connectivity index (χ2v) is 8.88. The average molecular weight is 433 g/mol. The zero-order chi connectivity index (χ0) is 22.4. The molecule has 0 aromatic heterocycles. The van der Waals surface area contributed by atoms with Crippen molar-refractivity contribution in [2.24, 2.45) is 5.16 Å². The summed E-state index contributed by atoms with van der Waals surface area (Å²) in [6.07, 6.45) is -0.351. The van der Waals surface area contributed by atoms with E-state index in [1.54, 1.807) is 18.2 Å². The lowest BCUT2D eigenvalue weighted by Crippen LogP contribution is -2.40. The SMILES string of the molecule is CC(C)(C)OC[C@H](O)CN(Cc1cccc(F)c1)C[C@@H]1CC(c2ccc(F)cc2)=NO1. The summed E-state index contributed by atoms with van der Waals surface area (Å²) >= 11 is 0. The first-order chi connectivity index (χ1) is 14.7. The van der Waals surface area contributed by atoms with Gasteiger partial charge in [-0.25, -0.2) is 8.78 Å². The van der Waals surface area contributed by atoms with Gasteiger partial charge in [0.1, 0.15) is 17.7 Å². The van der Waals surface area contributed by atoms with Crippen LogP contribution in [0.2, 0.25) is 0 Å². The number of benzene rings is 2. The van der Waals surface area contributed by atoms with Crippen LogP contribution in [0.4, 0.5) is 8.78 Å². The predicted molar refractivity (Wildman–Crippen MR) is 116 cm³/mol. The molecule has 0 fully saturated rings. The van der Waals surface area contributed by atoms with Crippen LogP contribution in [-0.2, 0) is 16.1 Å². The van der Waals surface area contributed by atoms with Crippen LogP contribution in [0.25, 0.3) is 0 Å². The molecule has 1 N–H and O–H groups in total. The van der Waals surface area contributed by atoms with Crippen LogP contribution in [0.5, 0.6) is 0 Å². The molecule has 31 heavy (non-hydrogen) atoms. The molecule has 2 atom stereocenters. The molecule has 1 aliphatic heterocycles. The topological polar surface area (TPSA) is 54.3 Å². The van der Waals surface area contributed by atoms with Crippen LogP contribution in [-0.4, -0.2) is 53.2 Å². The van der Waals surface area contributed by atoms with Crippen LogP contribution in [0.1, 0.15) is 38.3 Å². The third-order valence-electron chi connectivity index (χ3n) is 4.85. The molecule has 168 valence electrons. The van der Waals surface area contributed by atoms with Gasteiger partial charge in [-0.2, -0.15) is 0 Å². The number of oxime groups is 1. The second-order valence-electron chi connectivity index (χ2n) is 8.88. The minimum absolute atomic E-state index is 0.200. The fraction of sp³-hybridized carbons (Fsp3) is 0.458. The van der Waals surface area contributed by atoms with Gasteiger partial charge in [-0.1, -0.05) is 29.4 Å². The molecule has 0 spiro atoms. The summed E-state index contributed by atoms with van der Waals surface area (Å²) in [7, 11) is 0. The molecule has 0 saturated carbocycles. The molecule has 1 aliphatic rings. The number of hydrogen-bond acceptors (Lipinski definition) is 5. The second kappa shape index (κ2) is 10.3. The quantitative estimate of drug-likeness (QED) is 0.647. The van der Waals surface area contributed by atoms with E-state index in [0.29, 0.717) is 26.1 Å². The summed E-state index contributed by atoms with van der Waals surface area (Å²) in [5.41, 5.74) is 2.04. The lowest BCUT2D eigenvalue weighted by atomic mass is 10.0. The average Bonchev–Trinajstić information content (AvgIpc) is 3.15. The number of aliphatic hydroxyl groups is 1. The molecule has 0 radical (unpaired) electrons. The van der Waals surface area contributed by atoms with Crippen molar-refractivity contribution >= 4 is 5.71 Å². The lowest BCUT2D eigenvalue weighted by Gasteiger charge is -2.28. The highest BCUT2D eigenvalue weighted by Crippen LogP contribution is 2.19. The van der Waals surface area contributed by atoms with Gasteiger partial charge in [0.25, 0.3) is 0 Å². The van der Waals surface area contributed by atoms with Gasteiger partial charge in [0.15, 0.2) is 0 Å². The Bertz CT molecular complexity index is 881.